The summed E-state index contributed by atoms with van der Waals surface area (Å²) in [5, 5.41) is 11.8. The maximum Gasteiger partial charge on any atom is 0.528 e. The van der Waals surface area contributed by atoms with Crippen LogP contribution in [0.4, 0.5) is 4.79 Å². The summed E-state index contributed by atoms with van der Waals surface area (Å²) in [6, 6.07) is 6.00. The van der Waals surface area contributed by atoms with E-state index >= 15 is 0 Å². The van der Waals surface area contributed by atoms with Crippen LogP contribution in [-0.2, 0) is 33.9 Å². The molecule has 2 aromatic rings. The smallest absolute Gasteiger partial charge is 0.480 e. The molecule has 0 radical (unpaired) electrons. The van der Waals surface area contributed by atoms with Crippen LogP contribution in [0.1, 0.15) is 37.6 Å². The summed E-state index contributed by atoms with van der Waals surface area (Å²) in [6.07, 6.45) is -0.134. The van der Waals surface area contributed by atoms with Crippen molar-refractivity contribution in [1.29, 1.82) is 0 Å². The number of hydrogen-bond donors (Lipinski definition) is 1. The zero-order valence-electron chi connectivity index (χ0n) is 15.5. The highest BCUT2D eigenvalue weighted by molar-refractivity contribution is 5.87. The molecule has 3 rings (SSSR count). The van der Waals surface area contributed by atoms with Crippen molar-refractivity contribution in [2.75, 3.05) is 6.54 Å². The lowest BCUT2D eigenvalue weighted by molar-refractivity contribution is -0.151. The van der Waals surface area contributed by atoms with Crippen LogP contribution >= 0.6 is 0 Å². The van der Waals surface area contributed by atoms with Crippen molar-refractivity contribution in [3.63, 3.8) is 0 Å². The lowest BCUT2D eigenvalue weighted by Gasteiger charge is -2.27. The van der Waals surface area contributed by atoms with Gasteiger partial charge in [0.1, 0.15) is 12.1 Å². The van der Waals surface area contributed by atoms with Gasteiger partial charge in [-0.2, -0.15) is 0 Å². The molecule has 0 aliphatic carbocycles. The number of carboxylic acids is 1. The van der Waals surface area contributed by atoms with E-state index in [1.165, 1.54) is 0 Å². The molecule has 0 bridgehead atoms. The first kappa shape index (κ1) is 18.3. The molecule has 1 aliphatic rings. The number of rotatable bonds is 3. The number of benzene rings is 1. The highest BCUT2D eigenvalue weighted by Gasteiger charge is 2.28. The molecule has 140 valence electrons. The van der Waals surface area contributed by atoms with Gasteiger partial charge in [0, 0.05) is 29.6 Å². The lowest BCUT2D eigenvalue weighted by Crippen LogP contribution is -2.36. The van der Waals surface area contributed by atoms with Gasteiger partial charge in [0.2, 0.25) is 0 Å². The Morgan fingerprint density at radius 3 is 2.65 bits per heavy atom. The van der Waals surface area contributed by atoms with Crippen LogP contribution in [0.25, 0.3) is 10.9 Å². The average Bonchev–Trinajstić information content (AvgIpc) is 2.78. The molecule has 7 heteroatoms. The highest BCUT2D eigenvalue weighted by Crippen LogP contribution is 2.32. The Balaban J connectivity index is 1.90. The van der Waals surface area contributed by atoms with E-state index in [9.17, 15) is 14.7 Å². The van der Waals surface area contributed by atoms with E-state index in [1.54, 1.807) is 25.8 Å². The molecule has 1 aromatic heterocycles. The summed E-state index contributed by atoms with van der Waals surface area (Å²) >= 11 is 0. The van der Waals surface area contributed by atoms with Gasteiger partial charge < -0.3 is 19.2 Å². The van der Waals surface area contributed by atoms with Gasteiger partial charge in [0.25, 0.3) is 0 Å². The zero-order valence-corrected chi connectivity index (χ0v) is 15.5. The third kappa shape index (κ3) is 3.83. The summed E-state index contributed by atoms with van der Waals surface area (Å²) in [5.74, 6) is -0.876. The number of nitrogens with zero attached hydrogens (tertiary/aromatic N) is 2. The predicted molar refractivity (Wildman–Crippen MR) is 95.7 cm³/mol. The van der Waals surface area contributed by atoms with E-state index in [0.29, 0.717) is 19.5 Å². The van der Waals surface area contributed by atoms with Crippen LogP contribution < -0.4 is 0 Å². The van der Waals surface area contributed by atoms with Crippen molar-refractivity contribution < 1.29 is 24.3 Å². The number of hydrogen-bond acceptors (Lipinski definition) is 5. The van der Waals surface area contributed by atoms with Crippen molar-refractivity contribution in [3.05, 3.63) is 35.0 Å². The number of aliphatic carboxylic acids is 1. The second-order valence-electron chi connectivity index (χ2n) is 7.59. The first-order valence-electron chi connectivity index (χ1n) is 8.62. The minimum atomic E-state index is -0.876. The molecule has 0 unspecified atom stereocenters. The van der Waals surface area contributed by atoms with Gasteiger partial charge in [0.05, 0.1) is 6.54 Å². The Hall–Kier alpha value is -2.54. The summed E-state index contributed by atoms with van der Waals surface area (Å²) in [6.45, 7) is 8.14. The van der Waals surface area contributed by atoms with Crippen molar-refractivity contribution in [1.82, 2.24) is 9.63 Å². The summed E-state index contributed by atoms with van der Waals surface area (Å²) in [5.41, 5.74) is 3.33. The molecule has 26 heavy (non-hydrogen) atoms. The quantitative estimate of drug-likeness (QED) is 0.846. The molecular formula is C19H24N2O5. The van der Waals surface area contributed by atoms with Gasteiger partial charge in [-0.1, -0.05) is 12.1 Å². The lowest BCUT2D eigenvalue weighted by atomic mass is 10.1. The number of fused-ring (bicyclic) bond motifs is 3. The fourth-order valence-electron chi connectivity index (χ4n) is 3.30. The maximum absolute atomic E-state index is 11.9. The largest absolute Gasteiger partial charge is 0.528 e. The third-order valence-corrected chi connectivity index (χ3v) is 4.26. The minimum absolute atomic E-state index is 0.0811. The number of aromatic nitrogens is 1. The molecule has 1 aromatic carbocycles. The number of hydroxylamine groups is 2. The predicted octanol–water partition coefficient (Wildman–Crippen LogP) is 3.26. The number of aryl methyl sites for hydroxylation is 1. The molecule has 0 saturated heterocycles. The Morgan fingerprint density at radius 1 is 1.27 bits per heavy atom. The molecule has 7 nitrogen and oxygen atoms in total. The Morgan fingerprint density at radius 2 is 2.00 bits per heavy atom. The van der Waals surface area contributed by atoms with Crippen LogP contribution in [0.15, 0.2) is 18.2 Å². The van der Waals surface area contributed by atoms with Crippen LogP contribution in [0, 0.1) is 6.92 Å². The first-order chi connectivity index (χ1) is 12.1. The maximum atomic E-state index is 11.9. The second kappa shape index (κ2) is 6.64. The van der Waals surface area contributed by atoms with Gasteiger partial charge in [-0.05, 0) is 44.9 Å². The van der Waals surface area contributed by atoms with Crippen molar-refractivity contribution in [3.8, 4) is 0 Å². The van der Waals surface area contributed by atoms with Crippen molar-refractivity contribution >= 4 is 23.0 Å². The normalized spacial score (nSPS) is 14.9. The number of ether oxygens (including phenoxy) is 1. The van der Waals surface area contributed by atoms with Crippen molar-refractivity contribution in [2.45, 2.75) is 52.8 Å². The monoisotopic (exact) mass is 360 g/mol. The summed E-state index contributed by atoms with van der Waals surface area (Å²) < 4.78 is 7.06. The van der Waals surface area contributed by atoms with E-state index in [0.717, 1.165) is 27.7 Å². The molecule has 0 saturated carbocycles. The fourth-order valence-corrected chi connectivity index (χ4v) is 3.30. The molecule has 0 spiro atoms. The standard InChI is InChI=1S/C19H24N2O5/c1-12-5-6-13-14-10-20(26-18(24)25-19(2,3)4)8-7-15(14)21(11-17(22)23)16(13)9-12/h5-6,9H,7-8,10-11H2,1-4H3,(H,22,23). The number of carbonyl (C=O) groups is 2. The van der Waals surface area contributed by atoms with E-state index in [2.05, 4.69) is 0 Å². The minimum Gasteiger partial charge on any atom is -0.480 e. The molecule has 0 amide bonds. The van der Waals surface area contributed by atoms with Gasteiger partial charge in [-0.25, -0.2) is 4.79 Å². The topological polar surface area (TPSA) is 81.0 Å². The Bertz CT molecular complexity index is 863. The summed E-state index contributed by atoms with van der Waals surface area (Å²) in [4.78, 5) is 28.6. The molecule has 2 heterocycles. The van der Waals surface area contributed by atoms with E-state index in [4.69, 9.17) is 9.57 Å². The number of carboxylic acid groups (broad SMARTS) is 1. The van der Waals surface area contributed by atoms with Gasteiger partial charge in [0.15, 0.2) is 0 Å². The summed E-state index contributed by atoms with van der Waals surface area (Å²) in [7, 11) is 0. The average molecular weight is 360 g/mol. The molecule has 1 aliphatic heterocycles. The third-order valence-electron chi connectivity index (χ3n) is 4.26. The molecule has 1 N–H and O–H groups in total. The van der Waals surface area contributed by atoms with Crippen LogP contribution in [-0.4, -0.2) is 39.0 Å². The SMILES string of the molecule is Cc1ccc2c3c(n(CC(=O)O)c2c1)CCN(OC(=O)OC(C)(C)C)C3. The van der Waals surface area contributed by atoms with Crippen LogP contribution in [0.3, 0.4) is 0 Å². The number of carbonyl (C=O) groups excluding carboxylic acids is 1. The fraction of sp³-hybridized carbons (Fsp3) is 0.474. The van der Waals surface area contributed by atoms with Gasteiger partial charge in [-0.15, -0.1) is 5.06 Å². The van der Waals surface area contributed by atoms with E-state index < -0.39 is 17.7 Å². The van der Waals surface area contributed by atoms with Crippen molar-refractivity contribution in [2.24, 2.45) is 0 Å². The zero-order chi connectivity index (χ0) is 19.1. The highest BCUT2D eigenvalue weighted by atomic mass is 16.8. The molecule has 0 atom stereocenters. The van der Waals surface area contributed by atoms with Gasteiger partial charge in [-0.3, -0.25) is 4.79 Å². The second-order valence-corrected chi connectivity index (χ2v) is 7.59. The molecule has 0 fully saturated rings. The van der Waals surface area contributed by atoms with E-state index in [-0.39, 0.29) is 6.54 Å². The Kier molecular flexibility index (Phi) is 4.66. The Labute approximate surface area is 152 Å². The van der Waals surface area contributed by atoms with E-state index in [1.807, 2.05) is 29.7 Å². The van der Waals surface area contributed by atoms with Crippen LogP contribution in [0.5, 0.6) is 0 Å². The molecular weight excluding hydrogens is 336 g/mol. The van der Waals surface area contributed by atoms with Gasteiger partial charge >= 0.3 is 12.1 Å². The first-order valence-corrected chi connectivity index (χ1v) is 8.62. The van der Waals surface area contributed by atoms with Crippen LogP contribution in [0.2, 0.25) is 0 Å².